The second-order valence-electron chi connectivity index (χ2n) is 9.22. The van der Waals surface area contributed by atoms with Gasteiger partial charge in [-0.2, -0.15) is 0 Å². The van der Waals surface area contributed by atoms with Crippen molar-refractivity contribution in [3.63, 3.8) is 0 Å². The van der Waals surface area contributed by atoms with E-state index in [1.54, 1.807) is 35.7 Å². The van der Waals surface area contributed by atoms with Crippen LogP contribution >= 0.6 is 46.0 Å². The predicted molar refractivity (Wildman–Crippen MR) is 167 cm³/mol. The van der Waals surface area contributed by atoms with Crippen LogP contribution in [0.25, 0.3) is 0 Å². The molecule has 0 saturated carbocycles. The molecule has 3 heterocycles. The summed E-state index contributed by atoms with van der Waals surface area (Å²) in [7, 11) is 0. The van der Waals surface area contributed by atoms with Crippen LogP contribution in [0.4, 0.5) is 5.13 Å². The summed E-state index contributed by atoms with van der Waals surface area (Å²) < 4.78 is 12.4. The molecule has 1 N–H and O–H groups in total. The summed E-state index contributed by atoms with van der Waals surface area (Å²) in [6, 6.07) is 15.3. The Morgan fingerprint density at radius 2 is 1.93 bits per heavy atom. The highest BCUT2D eigenvalue weighted by atomic mass is 35.5. The van der Waals surface area contributed by atoms with Crippen molar-refractivity contribution in [2.75, 3.05) is 18.1 Å². The number of Topliss-reactive ketones (excluding diaryl/α,β-unsaturated/α-hetero) is 1. The zero-order chi connectivity index (χ0) is 29.6. The average Bonchev–Trinajstić information content (AvgIpc) is 3.74. The summed E-state index contributed by atoms with van der Waals surface area (Å²) in [5.74, 6) is -0.143. The second-order valence-corrected chi connectivity index (χ2v) is 12.8. The molecule has 1 amide bonds. The molecule has 1 atom stereocenters. The molecule has 0 aliphatic carbocycles. The highest BCUT2D eigenvalue weighted by Crippen LogP contribution is 2.46. The maximum Gasteiger partial charge on any atom is 0.296 e. The van der Waals surface area contributed by atoms with E-state index < -0.39 is 23.5 Å². The molecular formula is C30H28ClN3O5S3. The lowest BCUT2D eigenvalue weighted by atomic mass is 9.95. The van der Waals surface area contributed by atoms with Gasteiger partial charge in [0.2, 0.25) is 10.9 Å². The number of halogens is 1. The number of ketones is 1. The van der Waals surface area contributed by atoms with Crippen molar-refractivity contribution >= 4 is 62.9 Å². The van der Waals surface area contributed by atoms with Crippen molar-refractivity contribution in [3.05, 3.63) is 92.3 Å². The fourth-order valence-corrected chi connectivity index (χ4v) is 7.24. The number of hydrogen-bond acceptors (Lipinski definition) is 10. The molecule has 1 aliphatic rings. The minimum absolute atomic E-state index is 0.0231. The van der Waals surface area contributed by atoms with Crippen molar-refractivity contribution in [2.24, 2.45) is 0 Å². The molecule has 12 heteroatoms. The number of thioether (sulfide) groups is 1. The van der Waals surface area contributed by atoms with E-state index in [1.165, 1.54) is 39.3 Å². The topological polar surface area (TPSA) is 102 Å². The van der Waals surface area contributed by atoms with Crippen LogP contribution in [0.3, 0.4) is 0 Å². The summed E-state index contributed by atoms with van der Waals surface area (Å²) in [6.45, 7) is 4.88. The third-order valence-electron chi connectivity index (χ3n) is 6.45. The molecule has 8 nitrogen and oxygen atoms in total. The quantitative estimate of drug-likeness (QED) is 0.0680. The third kappa shape index (κ3) is 6.34. The molecule has 42 heavy (non-hydrogen) atoms. The smallest absolute Gasteiger partial charge is 0.296 e. The molecule has 1 unspecified atom stereocenters. The Kier molecular flexibility index (Phi) is 9.84. The number of aromatic nitrogens is 2. The first-order valence-electron chi connectivity index (χ1n) is 13.4. The van der Waals surface area contributed by atoms with Crippen LogP contribution in [0.2, 0.25) is 5.02 Å². The SMILES string of the molecule is CCCCOc1ccc(C2C(C(=O)c3cccs3)=C(O)C(=O)N2c2nnc(SCc3ccccc3Cl)s2)cc1OCC. The van der Waals surface area contributed by atoms with E-state index in [0.717, 1.165) is 18.4 Å². The van der Waals surface area contributed by atoms with Gasteiger partial charge in [-0.05, 0) is 54.1 Å². The number of unbranched alkanes of at least 4 members (excludes halogenated alkanes) is 1. The Bertz CT molecular complexity index is 1610. The summed E-state index contributed by atoms with van der Waals surface area (Å²) in [6.07, 6.45) is 1.88. The second kappa shape index (κ2) is 13.7. The molecule has 1 aliphatic heterocycles. The summed E-state index contributed by atoms with van der Waals surface area (Å²) in [5.41, 5.74) is 1.49. The predicted octanol–water partition coefficient (Wildman–Crippen LogP) is 7.91. The van der Waals surface area contributed by atoms with Crippen molar-refractivity contribution in [1.29, 1.82) is 0 Å². The first-order valence-corrected chi connectivity index (χ1v) is 16.4. The molecule has 218 valence electrons. The normalized spacial score (nSPS) is 15.0. The first-order chi connectivity index (χ1) is 20.4. The van der Waals surface area contributed by atoms with Gasteiger partial charge in [-0.1, -0.05) is 78.4 Å². The number of nitrogens with zero attached hydrogens (tertiary/aromatic N) is 3. The summed E-state index contributed by atoms with van der Waals surface area (Å²) >= 11 is 10.2. The van der Waals surface area contributed by atoms with Crippen LogP contribution in [-0.4, -0.2) is 40.2 Å². The third-order valence-corrected chi connectivity index (χ3v) is 9.79. The van der Waals surface area contributed by atoms with E-state index >= 15 is 0 Å². The minimum atomic E-state index is -0.953. The Hall–Kier alpha value is -3.38. The van der Waals surface area contributed by atoms with E-state index in [2.05, 4.69) is 17.1 Å². The van der Waals surface area contributed by atoms with E-state index in [1.807, 2.05) is 31.2 Å². The Balaban J connectivity index is 1.52. The highest BCUT2D eigenvalue weighted by Gasteiger charge is 2.46. The number of carbonyl (C=O) groups is 2. The van der Waals surface area contributed by atoms with E-state index in [-0.39, 0.29) is 10.7 Å². The van der Waals surface area contributed by atoms with Gasteiger partial charge in [0.15, 0.2) is 21.6 Å². The van der Waals surface area contributed by atoms with Crippen LogP contribution in [0.1, 0.15) is 53.5 Å². The van der Waals surface area contributed by atoms with Crippen LogP contribution in [0.15, 0.2) is 75.6 Å². The fraction of sp³-hybridized carbons (Fsp3) is 0.267. The van der Waals surface area contributed by atoms with Crippen molar-refractivity contribution in [3.8, 4) is 11.5 Å². The lowest BCUT2D eigenvalue weighted by Gasteiger charge is -2.25. The van der Waals surface area contributed by atoms with E-state index in [9.17, 15) is 14.7 Å². The van der Waals surface area contributed by atoms with Crippen molar-refractivity contribution in [1.82, 2.24) is 10.2 Å². The molecule has 0 saturated heterocycles. The number of ether oxygens (including phenoxy) is 2. The Morgan fingerprint density at radius 3 is 2.67 bits per heavy atom. The van der Waals surface area contributed by atoms with E-state index in [4.69, 9.17) is 21.1 Å². The molecule has 0 radical (unpaired) electrons. The molecule has 2 aromatic heterocycles. The molecule has 0 fully saturated rings. The maximum absolute atomic E-state index is 13.7. The largest absolute Gasteiger partial charge is 0.503 e. The zero-order valence-electron chi connectivity index (χ0n) is 22.9. The number of anilines is 1. The van der Waals surface area contributed by atoms with Gasteiger partial charge in [0.25, 0.3) is 5.91 Å². The lowest BCUT2D eigenvalue weighted by molar-refractivity contribution is -0.117. The van der Waals surface area contributed by atoms with Gasteiger partial charge in [-0.3, -0.25) is 14.5 Å². The average molecular weight is 642 g/mol. The van der Waals surface area contributed by atoms with Gasteiger partial charge in [-0.25, -0.2) is 0 Å². The van der Waals surface area contributed by atoms with Crippen LogP contribution in [-0.2, 0) is 10.5 Å². The van der Waals surface area contributed by atoms with Crippen LogP contribution in [0.5, 0.6) is 11.5 Å². The van der Waals surface area contributed by atoms with Gasteiger partial charge in [0.05, 0.1) is 29.7 Å². The standard InChI is InChI=1S/C30H28ClN3O5S3/c1-3-5-14-39-21-13-12-18(16-22(21)38-4-2)25-24(26(35)23-11-8-15-40-23)27(36)28(37)34(25)29-32-33-30(42-29)41-17-19-9-6-7-10-20(19)31/h6-13,15-16,25,36H,3-5,14,17H2,1-2H3. The maximum atomic E-state index is 13.7. The van der Waals surface area contributed by atoms with Crippen molar-refractivity contribution < 1.29 is 24.2 Å². The molecule has 5 rings (SSSR count). The van der Waals surface area contributed by atoms with Gasteiger partial charge in [-0.15, -0.1) is 21.5 Å². The van der Waals surface area contributed by atoms with Crippen LogP contribution in [0, 0.1) is 0 Å². The zero-order valence-corrected chi connectivity index (χ0v) is 26.1. The number of thiophene rings is 1. The van der Waals surface area contributed by atoms with Gasteiger partial charge in [0, 0.05) is 10.8 Å². The minimum Gasteiger partial charge on any atom is -0.503 e. The summed E-state index contributed by atoms with van der Waals surface area (Å²) in [5, 5.41) is 22.4. The Morgan fingerprint density at radius 1 is 1.10 bits per heavy atom. The molecular weight excluding hydrogens is 614 g/mol. The highest BCUT2D eigenvalue weighted by molar-refractivity contribution is 8.00. The lowest BCUT2D eigenvalue weighted by Crippen LogP contribution is -2.31. The molecule has 0 bridgehead atoms. The number of benzene rings is 2. The fourth-order valence-electron chi connectivity index (χ4n) is 4.41. The monoisotopic (exact) mass is 641 g/mol. The molecule has 0 spiro atoms. The number of carbonyl (C=O) groups excluding carboxylic acids is 2. The number of amides is 1. The van der Waals surface area contributed by atoms with Crippen molar-refractivity contribution in [2.45, 2.75) is 42.8 Å². The summed E-state index contributed by atoms with van der Waals surface area (Å²) in [4.78, 5) is 29.0. The van der Waals surface area contributed by atoms with Crippen LogP contribution < -0.4 is 14.4 Å². The molecule has 2 aromatic carbocycles. The van der Waals surface area contributed by atoms with Gasteiger partial charge >= 0.3 is 0 Å². The van der Waals surface area contributed by atoms with Gasteiger partial charge in [0.1, 0.15) is 0 Å². The Labute approximate surface area is 261 Å². The van der Waals surface area contributed by atoms with Gasteiger partial charge < -0.3 is 14.6 Å². The number of rotatable bonds is 13. The van der Waals surface area contributed by atoms with E-state index in [0.29, 0.717) is 50.3 Å². The first kappa shape index (κ1) is 30.1. The molecule has 4 aromatic rings. The number of aliphatic hydroxyl groups is 1. The number of aliphatic hydroxyl groups excluding tert-OH is 1. The number of hydrogen-bond donors (Lipinski definition) is 1.